The number of rotatable bonds is 2. The third-order valence-corrected chi connectivity index (χ3v) is 12.8. The molecule has 2 amide bonds. The van der Waals surface area contributed by atoms with Gasteiger partial charge in [0.1, 0.15) is 6.17 Å². The fraction of sp³-hybridized carbons (Fsp3) is 0.304. The molecular weight excluding hydrogens is 476 g/mol. The molecule has 5 aliphatic heterocycles. The van der Waals surface area contributed by atoms with Crippen molar-refractivity contribution < 1.29 is 14.7 Å². The quantitative estimate of drug-likeness (QED) is 0.469. The van der Waals surface area contributed by atoms with Crippen molar-refractivity contribution in [3.63, 3.8) is 0 Å². The molecule has 3 N–H and O–H groups in total. The number of H-pyrrole nitrogens is 1. The highest BCUT2D eigenvalue weighted by molar-refractivity contribution is 9.10. The van der Waals surface area contributed by atoms with Crippen LogP contribution in [0.3, 0.4) is 0 Å². The number of aliphatic hydroxyl groups is 1. The van der Waals surface area contributed by atoms with Crippen molar-refractivity contribution in [1.29, 1.82) is 0 Å². The third kappa shape index (κ3) is 2.12. The first kappa shape index (κ1) is 20.1. The van der Waals surface area contributed by atoms with E-state index in [1.165, 1.54) is 36.3 Å². The van der Waals surface area contributed by atoms with Crippen molar-refractivity contribution in [3.05, 3.63) is 65.9 Å². The van der Waals surface area contributed by atoms with Crippen LogP contribution in [-0.2, 0) is 15.0 Å². The van der Waals surface area contributed by atoms with Crippen LogP contribution < -0.4 is 5.32 Å². The summed E-state index contributed by atoms with van der Waals surface area (Å²) < 4.78 is 0. The summed E-state index contributed by atoms with van der Waals surface area (Å²) in [5, 5.41) is 15.1. The van der Waals surface area contributed by atoms with Gasteiger partial charge in [-0.25, -0.2) is 0 Å². The molecule has 8 rings (SSSR count). The first-order valence-corrected chi connectivity index (χ1v) is 14.2. The number of hydrogen-bond donors (Lipinski definition) is 3. The summed E-state index contributed by atoms with van der Waals surface area (Å²) in [4.78, 5) is 32.3. The van der Waals surface area contributed by atoms with Crippen molar-refractivity contribution in [3.8, 4) is 0 Å². The first-order valence-electron chi connectivity index (χ1n) is 10.7. The van der Waals surface area contributed by atoms with E-state index in [-0.39, 0.29) is 11.8 Å². The maximum Gasteiger partial charge on any atom is 0.265 e. The predicted molar refractivity (Wildman–Crippen MR) is 132 cm³/mol. The van der Waals surface area contributed by atoms with Crippen LogP contribution in [0.2, 0.25) is 0 Å². The Morgan fingerprint density at radius 3 is 2.70 bits per heavy atom. The van der Waals surface area contributed by atoms with Crippen molar-refractivity contribution in [2.45, 2.75) is 27.7 Å². The average Bonchev–Trinajstić information content (AvgIpc) is 3.43. The van der Waals surface area contributed by atoms with Crippen LogP contribution in [0.15, 0.2) is 54.7 Å². The van der Waals surface area contributed by atoms with E-state index in [4.69, 9.17) is 0 Å². The number of nitrogens with zero attached hydrogens (tertiary/aromatic N) is 2. The molecule has 2 bridgehead atoms. The van der Waals surface area contributed by atoms with E-state index in [9.17, 15) is 14.7 Å². The van der Waals surface area contributed by atoms with Gasteiger partial charge in [0.25, 0.3) is 11.8 Å². The summed E-state index contributed by atoms with van der Waals surface area (Å²) in [5.74, 6) is -0.354. The summed E-state index contributed by atoms with van der Waals surface area (Å²) in [7, 11) is 5.78. The van der Waals surface area contributed by atoms with Gasteiger partial charge in [0.2, 0.25) is 4.87 Å². The van der Waals surface area contributed by atoms with Gasteiger partial charge < -0.3 is 20.3 Å². The number of carbonyl (C=O) groups is 2. The summed E-state index contributed by atoms with van der Waals surface area (Å²) in [6.45, 7) is -0.432. The number of amides is 2. The van der Waals surface area contributed by atoms with Gasteiger partial charge >= 0.3 is 0 Å². The molecule has 4 atom stereocenters. The van der Waals surface area contributed by atoms with E-state index in [1.807, 2.05) is 42.6 Å². The normalized spacial score (nSPS) is 34.3. The number of anilines is 1. The highest BCUT2D eigenvalue weighted by Crippen LogP contribution is 2.69. The largest absolute Gasteiger partial charge is 0.392 e. The Morgan fingerprint density at radius 2 is 1.85 bits per heavy atom. The van der Waals surface area contributed by atoms with Crippen LogP contribution in [0, 0.1) is 0 Å². The van der Waals surface area contributed by atoms with Gasteiger partial charge in [-0.15, -0.1) is 0 Å². The number of hydrogen-bond acceptors (Lipinski definition) is 7. The molecule has 2 aromatic carbocycles. The Morgan fingerprint density at radius 1 is 1.06 bits per heavy atom. The number of aromatic amines is 1. The molecular formula is C23H20N4O3S3. The second-order valence-corrected chi connectivity index (χ2v) is 13.4. The molecule has 0 saturated carbocycles. The minimum Gasteiger partial charge on any atom is -0.392 e. The molecule has 1 spiro atoms. The molecule has 0 unspecified atom stereocenters. The molecule has 6 heterocycles. The fourth-order valence-electron chi connectivity index (χ4n) is 6.14. The molecule has 4 fully saturated rings. The van der Waals surface area contributed by atoms with Gasteiger partial charge in [0, 0.05) is 36.3 Å². The van der Waals surface area contributed by atoms with E-state index in [1.54, 1.807) is 11.9 Å². The summed E-state index contributed by atoms with van der Waals surface area (Å²) in [6, 6.07) is 16.3. The minimum absolute atomic E-state index is 0.133. The van der Waals surface area contributed by atoms with Gasteiger partial charge in [-0.3, -0.25) is 14.5 Å². The van der Waals surface area contributed by atoms with E-state index in [0.29, 0.717) is 6.42 Å². The second kappa shape index (κ2) is 6.44. The zero-order valence-corrected chi connectivity index (χ0v) is 20.0. The summed E-state index contributed by atoms with van der Waals surface area (Å²) in [6.07, 6.45) is 2.03. The number of nitrogens with one attached hydrogen (secondary N) is 2. The Balaban J connectivity index is 1.55. The molecule has 5 aliphatic rings. The zero-order valence-electron chi connectivity index (χ0n) is 17.6. The maximum atomic E-state index is 14.1. The molecule has 10 heteroatoms. The number of aromatic nitrogens is 1. The maximum absolute atomic E-state index is 14.1. The summed E-state index contributed by atoms with van der Waals surface area (Å²) >= 11 is 0. The van der Waals surface area contributed by atoms with Crippen LogP contribution in [0.5, 0.6) is 0 Å². The summed E-state index contributed by atoms with van der Waals surface area (Å²) in [5.41, 5.74) is 3.53. The van der Waals surface area contributed by atoms with Crippen molar-refractivity contribution in [1.82, 2.24) is 14.8 Å². The van der Waals surface area contributed by atoms with Crippen molar-refractivity contribution >= 4 is 59.8 Å². The Labute approximate surface area is 201 Å². The lowest BCUT2D eigenvalue weighted by Gasteiger charge is -2.50. The topological polar surface area (TPSA) is 88.7 Å². The van der Waals surface area contributed by atoms with E-state index in [2.05, 4.69) is 22.4 Å². The second-order valence-electron chi connectivity index (χ2n) is 8.99. The highest BCUT2D eigenvalue weighted by Gasteiger charge is 2.76. The van der Waals surface area contributed by atoms with Gasteiger partial charge in [0.05, 0.1) is 12.0 Å². The van der Waals surface area contributed by atoms with Crippen LogP contribution >= 0.6 is 31.4 Å². The number of likely N-dealkylation sites (N-methyl/N-ethyl adjacent to an activating group) is 1. The fourth-order valence-corrected chi connectivity index (χ4v) is 12.0. The van der Waals surface area contributed by atoms with Gasteiger partial charge in [0.15, 0.2) is 4.87 Å². The number of para-hydroxylation sites is 2. The van der Waals surface area contributed by atoms with Crippen molar-refractivity contribution in [2.75, 3.05) is 19.0 Å². The number of carbonyl (C=O) groups excluding carboxylic acids is 2. The van der Waals surface area contributed by atoms with E-state index in [0.717, 1.165) is 27.7 Å². The van der Waals surface area contributed by atoms with E-state index >= 15 is 0 Å². The SMILES string of the molecule is CN1C(=O)[C@@]23C[C@]4(c5c[nH]c6ccccc56)c5ccccc5N[C@@H]4N2C(=O)[C@@]1(CO)SSS3. The van der Waals surface area contributed by atoms with Crippen LogP contribution in [-0.4, -0.2) is 61.3 Å². The van der Waals surface area contributed by atoms with Gasteiger partial charge in [-0.1, -0.05) is 36.4 Å². The lowest BCUT2D eigenvalue weighted by atomic mass is 9.72. The van der Waals surface area contributed by atoms with Crippen LogP contribution in [0.4, 0.5) is 5.69 Å². The Bertz CT molecular complexity index is 1360. The highest BCUT2D eigenvalue weighted by atomic mass is 33.5. The molecule has 1 aromatic heterocycles. The Hall–Kier alpha value is -2.27. The molecule has 7 nitrogen and oxygen atoms in total. The monoisotopic (exact) mass is 496 g/mol. The number of piperazine rings is 1. The molecule has 3 aromatic rings. The predicted octanol–water partition coefficient (Wildman–Crippen LogP) is 3.34. The lowest BCUT2D eigenvalue weighted by Crippen LogP contribution is -2.73. The average molecular weight is 497 g/mol. The van der Waals surface area contributed by atoms with E-state index < -0.39 is 27.9 Å². The van der Waals surface area contributed by atoms with Crippen LogP contribution in [0.1, 0.15) is 17.5 Å². The molecule has 0 radical (unpaired) electrons. The zero-order chi connectivity index (χ0) is 22.6. The Kier molecular flexibility index (Phi) is 3.93. The van der Waals surface area contributed by atoms with Gasteiger partial charge in [-0.05, 0) is 54.7 Å². The van der Waals surface area contributed by atoms with Gasteiger partial charge in [-0.2, -0.15) is 0 Å². The number of benzene rings is 2. The standard InChI is InChI=1S/C23H20N4O3S3/c1-26-19(29)22-11-21(15-10-24-16-8-4-2-6-13(15)16)14-7-3-5-9-17(14)25-18(21)27(22)20(30)23(26,12-28)32-33-31-22/h2-10,18,24-25,28H,11-12H2,1H3/t18-,21-,22+,23-/m1/s1. The van der Waals surface area contributed by atoms with Crippen LogP contribution in [0.25, 0.3) is 10.9 Å². The molecule has 168 valence electrons. The number of aliphatic hydroxyl groups excluding tert-OH is 1. The smallest absolute Gasteiger partial charge is 0.265 e. The number of fused-ring (bicyclic) bond motifs is 7. The third-order valence-electron chi connectivity index (χ3n) is 7.69. The molecule has 4 saturated heterocycles. The first-order chi connectivity index (χ1) is 16.0. The molecule has 33 heavy (non-hydrogen) atoms. The lowest BCUT2D eigenvalue weighted by molar-refractivity contribution is -0.165. The minimum atomic E-state index is -1.33. The van der Waals surface area contributed by atoms with Crippen molar-refractivity contribution in [2.24, 2.45) is 0 Å². The molecule has 0 aliphatic carbocycles.